The molecule has 0 amide bonds. The fourth-order valence-corrected chi connectivity index (χ4v) is 3.05. The maximum Gasteiger partial charge on any atom is 0.0611 e. The van der Waals surface area contributed by atoms with E-state index in [1.165, 1.54) is 19.3 Å². The van der Waals surface area contributed by atoms with Gasteiger partial charge < -0.3 is 10.8 Å². The van der Waals surface area contributed by atoms with Gasteiger partial charge in [0.25, 0.3) is 0 Å². The lowest BCUT2D eigenvalue weighted by atomic mass is 9.70. The van der Waals surface area contributed by atoms with E-state index in [4.69, 9.17) is 5.73 Å². The van der Waals surface area contributed by atoms with Crippen LogP contribution in [0.5, 0.6) is 0 Å². The van der Waals surface area contributed by atoms with Crippen LogP contribution >= 0.6 is 0 Å². The van der Waals surface area contributed by atoms with Crippen LogP contribution in [0, 0.1) is 29.6 Å². The van der Waals surface area contributed by atoms with E-state index in [1.807, 2.05) is 0 Å². The predicted molar refractivity (Wildman–Crippen MR) is 69.1 cm³/mol. The smallest absolute Gasteiger partial charge is 0.0611 e. The molecule has 0 saturated heterocycles. The number of nitrogens with two attached hydrogens (primary N) is 1. The minimum absolute atomic E-state index is 0.194. The zero-order chi connectivity index (χ0) is 12.3. The number of hydrogen-bond donors (Lipinski definition) is 2. The van der Waals surface area contributed by atoms with Crippen molar-refractivity contribution in [2.75, 3.05) is 6.54 Å². The van der Waals surface area contributed by atoms with Gasteiger partial charge in [0, 0.05) is 0 Å². The first-order chi connectivity index (χ1) is 7.47. The van der Waals surface area contributed by atoms with Gasteiger partial charge in [-0.15, -0.1) is 0 Å². The van der Waals surface area contributed by atoms with Crippen LogP contribution in [0.15, 0.2) is 0 Å². The van der Waals surface area contributed by atoms with Crippen molar-refractivity contribution in [3.63, 3.8) is 0 Å². The van der Waals surface area contributed by atoms with Crippen molar-refractivity contribution in [2.24, 2.45) is 35.3 Å². The lowest BCUT2D eigenvalue weighted by Gasteiger charge is -2.38. The van der Waals surface area contributed by atoms with E-state index in [0.717, 1.165) is 11.8 Å². The number of rotatable bonds is 4. The number of aliphatic hydroxyl groups excluding tert-OH is 1. The highest BCUT2D eigenvalue weighted by Gasteiger charge is 2.33. The molecule has 0 spiro atoms. The van der Waals surface area contributed by atoms with Crippen LogP contribution in [0.2, 0.25) is 0 Å². The van der Waals surface area contributed by atoms with Crippen molar-refractivity contribution in [3.8, 4) is 0 Å². The molecule has 0 heterocycles. The molecule has 3 N–H and O–H groups in total. The van der Waals surface area contributed by atoms with E-state index >= 15 is 0 Å². The molecule has 0 bridgehead atoms. The minimum atomic E-state index is -0.194. The first kappa shape index (κ1) is 14.0. The Balaban J connectivity index is 2.56. The van der Waals surface area contributed by atoms with Gasteiger partial charge in [-0.05, 0) is 49.0 Å². The number of aliphatic hydroxyl groups is 1. The molecule has 16 heavy (non-hydrogen) atoms. The Kier molecular flexibility index (Phi) is 5.26. The van der Waals surface area contributed by atoms with Crippen molar-refractivity contribution in [2.45, 2.75) is 53.1 Å². The topological polar surface area (TPSA) is 46.2 Å². The molecule has 5 atom stereocenters. The highest BCUT2D eigenvalue weighted by Crippen LogP contribution is 2.37. The minimum Gasteiger partial charge on any atom is -0.392 e. The van der Waals surface area contributed by atoms with E-state index in [9.17, 15) is 5.11 Å². The Morgan fingerprint density at radius 2 is 1.81 bits per heavy atom. The Morgan fingerprint density at radius 1 is 1.19 bits per heavy atom. The summed E-state index contributed by atoms with van der Waals surface area (Å²) in [5.41, 5.74) is 5.78. The molecule has 1 aliphatic rings. The molecule has 2 nitrogen and oxygen atoms in total. The SMILES string of the molecule is CC(C)C(CN)C(O)C1CCC(C)C(C)C1. The molecule has 0 radical (unpaired) electrons. The van der Waals surface area contributed by atoms with Gasteiger partial charge in [-0.25, -0.2) is 0 Å². The van der Waals surface area contributed by atoms with Crippen LogP contribution in [0.3, 0.4) is 0 Å². The van der Waals surface area contributed by atoms with E-state index < -0.39 is 0 Å². The maximum atomic E-state index is 10.4. The quantitative estimate of drug-likeness (QED) is 0.775. The Bertz CT molecular complexity index is 205. The zero-order valence-corrected chi connectivity index (χ0v) is 11.3. The summed E-state index contributed by atoms with van der Waals surface area (Å²) in [6.07, 6.45) is 3.42. The average Bonchev–Trinajstić information content (AvgIpc) is 2.22. The predicted octanol–water partition coefficient (Wildman–Crippen LogP) is 2.65. The largest absolute Gasteiger partial charge is 0.392 e. The Morgan fingerprint density at radius 3 is 2.25 bits per heavy atom. The zero-order valence-electron chi connectivity index (χ0n) is 11.3. The van der Waals surface area contributed by atoms with Gasteiger partial charge >= 0.3 is 0 Å². The van der Waals surface area contributed by atoms with Crippen LogP contribution in [-0.2, 0) is 0 Å². The second kappa shape index (κ2) is 6.02. The summed E-state index contributed by atoms with van der Waals surface area (Å²) in [7, 11) is 0. The molecule has 1 rings (SSSR count). The van der Waals surface area contributed by atoms with Crippen LogP contribution < -0.4 is 5.73 Å². The number of hydrogen-bond acceptors (Lipinski definition) is 2. The van der Waals surface area contributed by atoms with Crippen LogP contribution in [-0.4, -0.2) is 17.8 Å². The summed E-state index contributed by atoms with van der Waals surface area (Å²) in [5, 5.41) is 10.4. The first-order valence-corrected chi connectivity index (χ1v) is 6.85. The molecular weight excluding hydrogens is 198 g/mol. The second-order valence-electron chi connectivity index (χ2n) is 6.16. The van der Waals surface area contributed by atoms with Crippen molar-refractivity contribution >= 4 is 0 Å². The monoisotopic (exact) mass is 227 g/mol. The summed E-state index contributed by atoms with van der Waals surface area (Å²) >= 11 is 0. The average molecular weight is 227 g/mol. The van der Waals surface area contributed by atoms with Gasteiger partial charge in [-0.2, -0.15) is 0 Å². The Labute approximate surface area is 101 Å². The Hall–Kier alpha value is -0.0800. The second-order valence-corrected chi connectivity index (χ2v) is 6.16. The van der Waals surface area contributed by atoms with E-state index in [-0.39, 0.29) is 12.0 Å². The van der Waals surface area contributed by atoms with Crippen LogP contribution in [0.4, 0.5) is 0 Å². The molecule has 1 saturated carbocycles. The fourth-order valence-electron chi connectivity index (χ4n) is 3.05. The third kappa shape index (κ3) is 3.21. The van der Waals surface area contributed by atoms with Gasteiger partial charge in [0.2, 0.25) is 0 Å². The van der Waals surface area contributed by atoms with E-state index in [0.29, 0.717) is 18.4 Å². The molecule has 0 aromatic carbocycles. The lowest BCUT2D eigenvalue weighted by Crippen LogP contribution is -2.40. The molecule has 0 aromatic rings. The summed E-state index contributed by atoms with van der Waals surface area (Å²) in [4.78, 5) is 0. The highest BCUT2D eigenvalue weighted by molar-refractivity contribution is 4.84. The lowest BCUT2D eigenvalue weighted by molar-refractivity contribution is 0.00194. The van der Waals surface area contributed by atoms with Crippen molar-refractivity contribution in [1.29, 1.82) is 0 Å². The molecule has 2 heteroatoms. The van der Waals surface area contributed by atoms with Gasteiger partial charge in [-0.3, -0.25) is 0 Å². The summed E-state index contributed by atoms with van der Waals surface area (Å²) in [6, 6.07) is 0. The summed E-state index contributed by atoms with van der Waals surface area (Å²) in [5.74, 6) is 2.79. The molecule has 0 aliphatic heterocycles. The van der Waals surface area contributed by atoms with Crippen LogP contribution in [0.25, 0.3) is 0 Å². The van der Waals surface area contributed by atoms with E-state index in [2.05, 4.69) is 27.7 Å². The van der Waals surface area contributed by atoms with Crippen molar-refractivity contribution < 1.29 is 5.11 Å². The van der Waals surface area contributed by atoms with Gasteiger partial charge in [0.15, 0.2) is 0 Å². The van der Waals surface area contributed by atoms with Gasteiger partial charge in [0.1, 0.15) is 0 Å². The molecule has 1 aliphatic carbocycles. The molecule has 1 fully saturated rings. The molecule has 96 valence electrons. The highest BCUT2D eigenvalue weighted by atomic mass is 16.3. The van der Waals surface area contributed by atoms with Crippen molar-refractivity contribution in [1.82, 2.24) is 0 Å². The first-order valence-electron chi connectivity index (χ1n) is 6.85. The third-order valence-corrected chi connectivity index (χ3v) is 4.69. The van der Waals surface area contributed by atoms with Crippen LogP contribution in [0.1, 0.15) is 47.0 Å². The molecule has 0 aromatic heterocycles. The van der Waals surface area contributed by atoms with E-state index in [1.54, 1.807) is 0 Å². The molecular formula is C14H29NO. The summed E-state index contributed by atoms with van der Waals surface area (Å²) in [6.45, 7) is 9.58. The van der Waals surface area contributed by atoms with Gasteiger partial charge in [-0.1, -0.05) is 34.1 Å². The third-order valence-electron chi connectivity index (χ3n) is 4.69. The normalized spacial score (nSPS) is 35.1. The summed E-state index contributed by atoms with van der Waals surface area (Å²) < 4.78 is 0. The van der Waals surface area contributed by atoms with Gasteiger partial charge in [0.05, 0.1) is 6.10 Å². The maximum absolute atomic E-state index is 10.4. The molecule has 5 unspecified atom stereocenters. The fraction of sp³-hybridized carbons (Fsp3) is 1.00. The van der Waals surface area contributed by atoms with Crippen molar-refractivity contribution in [3.05, 3.63) is 0 Å². The standard InChI is InChI=1S/C14H29NO/c1-9(2)13(8-15)14(16)12-6-5-10(3)11(4)7-12/h9-14,16H,5-8,15H2,1-4H3.